The van der Waals surface area contributed by atoms with Gasteiger partial charge in [0.05, 0.1) is 6.10 Å². The predicted octanol–water partition coefficient (Wildman–Crippen LogP) is 1.88. The number of aliphatic hydroxyl groups is 1. The monoisotopic (exact) mass is 185 g/mol. The van der Waals surface area contributed by atoms with Gasteiger partial charge in [-0.05, 0) is 59.5 Å². The van der Waals surface area contributed by atoms with Crippen LogP contribution in [-0.2, 0) is 0 Å². The predicted molar refractivity (Wildman–Crippen MR) is 55.7 cm³/mol. The molecule has 0 bridgehead atoms. The van der Waals surface area contributed by atoms with Crippen molar-refractivity contribution in [3.63, 3.8) is 0 Å². The smallest absolute Gasteiger partial charge is 0.0541 e. The minimum Gasteiger partial charge on any atom is -0.393 e. The number of hydrogen-bond acceptors (Lipinski definition) is 2. The van der Waals surface area contributed by atoms with Crippen molar-refractivity contribution in [2.45, 2.75) is 52.2 Å². The van der Waals surface area contributed by atoms with Crippen molar-refractivity contribution in [3.05, 3.63) is 0 Å². The van der Waals surface area contributed by atoms with Gasteiger partial charge in [-0.3, -0.25) is 4.90 Å². The van der Waals surface area contributed by atoms with E-state index in [1.54, 1.807) is 0 Å². The first kappa shape index (κ1) is 11.0. The fourth-order valence-electron chi connectivity index (χ4n) is 2.05. The molecule has 1 aliphatic heterocycles. The third-order valence-electron chi connectivity index (χ3n) is 3.17. The number of nitrogens with zero attached hydrogens (tertiary/aromatic N) is 1. The first-order valence-electron chi connectivity index (χ1n) is 5.34. The minimum absolute atomic E-state index is 0.123. The van der Waals surface area contributed by atoms with Gasteiger partial charge >= 0.3 is 0 Å². The van der Waals surface area contributed by atoms with E-state index in [0.29, 0.717) is 11.5 Å². The molecule has 1 rings (SSSR count). The maximum absolute atomic E-state index is 9.45. The zero-order valence-corrected chi connectivity index (χ0v) is 9.38. The van der Waals surface area contributed by atoms with Gasteiger partial charge in [-0.25, -0.2) is 0 Å². The van der Waals surface area contributed by atoms with Crippen LogP contribution in [0.5, 0.6) is 0 Å². The van der Waals surface area contributed by atoms with Crippen LogP contribution in [0, 0.1) is 5.92 Å². The lowest BCUT2D eigenvalue weighted by atomic mass is 9.90. The molecule has 2 nitrogen and oxygen atoms in total. The van der Waals surface area contributed by atoms with E-state index in [4.69, 9.17) is 0 Å². The van der Waals surface area contributed by atoms with E-state index < -0.39 is 0 Å². The summed E-state index contributed by atoms with van der Waals surface area (Å²) < 4.78 is 0. The summed E-state index contributed by atoms with van der Waals surface area (Å²) in [5.74, 6) is 0.526. The van der Waals surface area contributed by atoms with Crippen LogP contribution < -0.4 is 0 Å². The van der Waals surface area contributed by atoms with Gasteiger partial charge in [-0.2, -0.15) is 0 Å². The first-order valence-corrected chi connectivity index (χ1v) is 5.34. The molecule has 1 atom stereocenters. The Morgan fingerprint density at radius 3 is 2.00 bits per heavy atom. The van der Waals surface area contributed by atoms with Gasteiger partial charge in [0, 0.05) is 5.54 Å². The highest BCUT2D eigenvalue weighted by Crippen LogP contribution is 2.25. The van der Waals surface area contributed by atoms with Crippen LogP contribution in [0.3, 0.4) is 0 Å². The Morgan fingerprint density at radius 1 is 1.23 bits per heavy atom. The number of aliphatic hydroxyl groups excluding tert-OH is 1. The Balaban J connectivity index is 2.39. The Kier molecular flexibility index (Phi) is 3.36. The van der Waals surface area contributed by atoms with Gasteiger partial charge in [0.15, 0.2) is 0 Å². The van der Waals surface area contributed by atoms with Crippen LogP contribution in [0.25, 0.3) is 0 Å². The van der Waals surface area contributed by atoms with Crippen LogP contribution in [0.4, 0.5) is 0 Å². The lowest BCUT2D eigenvalue weighted by Gasteiger charge is -2.41. The molecule has 0 aromatic heterocycles. The van der Waals surface area contributed by atoms with Gasteiger partial charge in [-0.1, -0.05) is 0 Å². The van der Waals surface area contributed by atoms with Crippen molar-refractivity contribution in [1.82, 2.24) is 4.90 Å². The standard InChI is InChI=1S/C11H23NO/c1-9(13)10-5-7-12(8-6-10)11(2,3)4/h9-10,13H,5-8H2,1-4H3/t9-/m1/s1. The van der Waals surface area contributed by atoms with Gasteiger partial charge in [0.2, 0.25) is 0 Å². The molecular weight excluding hydrogens is 162 g/mol. The second-order valence-electron chi connectivity index (χ2n) is 5.24. The van der Waals surface area contributed by atoms with Gasteiger partial charge in [0.25, 0.3) is 0 Å². The fraction of sp³-hybridized carbons (Fsp3) is 1.00. The SMILES string of the molecule is C[C@@H](O)C1CCN(C(C)(C)C)CC1. The molecule has 1 heterocycles. The largest absolute Gasteiger partial charge is 0.393 e. The second-order valence-corrected chi connectivity index (χ2v) is 5.24. The van der Waals surface area contributed by atoms with Crippen LogP contribution in [0.1, 0.15) is 40.5 Å². The lowest BCUT2D eigenvalue weighted by molar-refractivity contribution is 0.0364. The van der Waals surface area contributed by atoms with Gasteiger partial charge < -0.3 is 5.11 Å². The van der Waals surface area contributed by atoms with Gasteiger partial charge in [0.1, 0.15) is 0 Å². The Labute approximate surface area is 81.9 Å². The van der Waals surface area contributed by atoms with Crippen LogP contribution >= 0.6 is 0 Å². The van der Waals surface area contributed by atoms with E-state index in [1.165, 1.54) is 0 Å². The second kappa shape index (κ2) is 3.97. The highest BCUT2D eigenvalue weighted by molar-refractivity contribution is 4.82. The summed E-state index contributed by atoms with van der Waals surface area (Å²) in [6.07, 6.45) is 2.17. The summed E-state index contributed by atoms with van der Waals surface area (Å²) in [6.45, 7) is 11.0. The van der Waals surface area contributed by atoms with E-state index in [0.717, 1.165) is 25.9 Å². The molecule has 2 heteroatoms. The average Bonchev–Trinajstić information content (AvgIpc) is 2.03. The van der Waals surface area contributed by atoms with Crippen molar-refractivity contribution >= 4 is 0 Å². The molecule has 0 spiro atoms. The van der Waals surface area contributed by atoms with Gasteiger partial charge in [-0.15, -0.1) is 0 Å². The molecular formula is C11H23NO. The van der Waals surface area contributed by atoms with E-state index in [9.17, 15) is 5.11 Å². The molecule has 1 aliphatic rings. The van der Waals surface area contributed by atoms with Crippen LogP contribution in [-0.4, -0.2) is 34.7 Å². The molecule has 0 saturated carbocycles. The van der Waals surface area contributed by atoms with Crippen molar-refractivity contribution in [2.24, 2.45) is 5.92 Å². The van der Waals surface area contributed by atoms with Crippen LogP contribution in [0.15, 0.2) is 0 Å². The molecule has 1 fully saturated rings. The summed E-state index contributed by atoms with van der Waals surface area (Å²) in [7, 11) is 0. The van der Waals surface area contributed by atoms with E-state index >= 15 is 0 Å². The minimum atomic E-state index is -0.123. The maximum atomic E-state index is 9.45. The molecule has 0 aromatic carbocycles. The molecule has 0 aliphatic carbocycles. The third-order valence-corrected chi connectivity index (χ3v) is 3.17. The Hall–Kier alpha value is -0.0800. The maximum Gasteiger partial charge on any atom is 0.0541 e. The van der Waals surface area contributed by atoms with Crippen molar-refractivity contribution in [3.8, 4) is 0 Å². The van der Waals surface area contributed by atoms with Crippen molar-refractivity contribution < 1.29 is 5.11 Å². The van der Waals surface area contributed by atoms with E-state index in [-0.39, 0.29) is 6.10 Å². The third kappa shape index (κ3) is 2.96. The number of hydrogen-bond donors (Lipinski definition) is 1. The Bertz CT molecular complexity index is 152. The van der Waals surface area contributed by atoms with E-state index in [2.05, 4.69) is 25.7 Å². The van der Waals surface area contributed by atoms with Crippen molar-refractivity contribution in [2.75, 3.05) is 13.1 Å². The summed E-state index contributed by atoms with van der Waals surface area (Å²) in [6, 6.07) is 0. The molecule has 13 heavy (non-hydrogen) atoms. The number of rotatable bonds is 1. The van der Waals surface area contributed by atoms with Crippen molar-refractivity contribution in [1.29, 1.82) is 0 Å². The zero-order chi connectivity index (χ0) is 10.1. The molecule has 1 N–H and O–H groups in total. The topological polar surface area (TPSA) is 23.5 Å². The Morgan fingerprint density at radius 2 is 1.69 bits per heavy atom. The summed E-state index contributed by atoms with van der Waals surface area (Å²) in [5, 5.41) is 9.45. The molecule has 0 radical (unpaired) electrons. The fourth-order valence-corrected chi connectivity index (χ4v) is 2.05. The summed E-state index contributed by atoms with van der Waals surface area (Å²) in [5.41, 5.74) is 0.295. The normalized spacial score (nSPS) is 24.7. The molecule has 78 valence electrons. The van der Waals surface area contributed by atoms with Crippen LogP contribution in [0.2, 0.25) is 0 Å². The lowest BCUT2D eigenvalue weighted by Crippen LogP contribution is -2.47. The first-order chi connectivity index (χ1) is 5.91. The highest BCUT2D eigenvalue weighted by Gasteiger charge is 2.28. The molecule has 0 unspecified atom stereocenters. The highest BCUT2D eigenvalue weighted by atomic mass is 16.3. The molecule has 0 aromatic rings. The molecule has 0 amide bonds. The number of piperidine rings is 1. The zero-order valence-electron chi connectivity index (χ0n) is 9.38. The molecule has 1 saturated heterocycles. The number of likely N-dealkylation sites (tertiary alicyclic amines) is 1. The van der Waals surface area contributed by atoms with E-state index in [1.807, 2.05) is 6.92 Å². The summed E-state index contributed by atoms with van der Waals surface area (Å²) >= 11 is 0. The summed E-state index contributed by atoms with van der Waals surface area (Å²) in [4.78, 5) is 2.51. The quantitative estimate of drug-likeness (QED) is 0.674. The average molecular weight is 185 g/mol.